The highest BCUT2D eigenvalue weighted by Gasteiger charge is 2.17. The van der Waals surface area contributed by atoms with Gasteiger partial charge < -0.3 is 10.6 Å². The summed E-state index contributed by atoms with van der Waals surface area (Å²) in [5.41, 5.74) is 0.0748. The Morgan fingerprint density at radius 1 is 1.53 bits per heavy atom. The third kappa shape index (κ3) is 4.82. The van der Waals surface area contributed by atoms with Crippen LogP contribution in [0.3, 0.4) is 0 Å². The van der Waals surface area contributed by atoms with E-state index in [1.807, 2.05) is 13.8 Å². The average molecular weight is 331 g/mol. The SMILES string of the molecule is CC(C)CNC(=O)CNc1c(Br)cncc1[N+](=O)[O-]. The summed E-state index contributed by atoms with van der Waals surface area (Å²) >= 11 is 3.17. The summed E-state index contributed by atoms with van der Waals surface area (Å²) < 4.78 is 0.443. The number of pyridine rings is 1. The molecule has 1 aromatic rings. The lowest BCUT2D eigenvalue weighted by molar-refractivity contribution is -0.384. The Morgan fingerprint density at radius 2 is 2.21 bits per heavy atom. The third-order valence-corrected chi connectivity index (χ3v) is 2.81. The number of halogens is 1. The lowest BCUT2D eigenvalue weighted by Crippen LogP contribution is -2.32. The van der Waals surface area contributed by atoms with Crippen molar-refractivity contribution >= 4 is 33.2 Å². The van der Waals surface area contributed by atoms with Crippen molar-refractivity contribution in [2.45, 2.75) is 13.8 Å². The lowest BCUT2D eigenvalue weighted by Gasteiger charge is -2.10. The summed E-state index contributed by atoms with van der Waals surface area (Å²) in [5.74, 6) is 0.137. The molecule has 0 atom stereocenters. The fraction of sp³-hybridized carbons (Fsp3) is 0.455. The number of rotatable bonds is 6. The molecule has 0 saturated carbocycles. The van der Waals surface area contributed by atoms with E-state index in [1.165, 1.54) is 6.20 Å². The standard InChI is InChI=1S/C11H15BrN4O3/c1-7(2)3-14-10(17)6-15-11-8(12)4-13-5-9(11)16(18)19/h4-5,7H,3,6H2,1-2H3,(H,13,15)(H,14,17). The Bertz CT molecular complexity index is 479. The van der Waals surface area contributed by atoms with Crippen LogP contribution in [0.1, 0.15) is 13.8 Å². The molecule has 0 aliphatic carbocycles. The van der Waals surface area contributed by atoms with Gasteiger partial charge in [-0.1, -0.05) is 13.8 Å². The van der Waals surface area contributed by atoms with Crippen LogP contribution in [0.15, 0.2) is 16.9 Å². The molecule has 0 fully saturated rings. The van der Waals surface area contributed by atoms with Crippen LogP contribution in [0.2, 0.25) is 0 Å². The molecule has 0 saturated heterocycles. The molecule has 1 heterocycles. The number of aromatic nitrogens is 1. The molecule has 2 N–H and O–H groups in total. The van der Waals surface area contributed by atoms with Crippen molar-refractivity contribution < 1.29 is 9.72 Å². The van der Waals surface area contributed by atoms with Crippen molar-refractivity contribution in [1.82, 2.24) is 10.3 Å². The molecule has 0 radical (unpaired) electrons. The van der Waals surface area contributed by atoms with Crippen molar-refractivity contribution in [2.75, 3.05) is 18.4 Å². The van der Waals surface area contributed by atoms with Crippen LogP contribution in [-0.4, -0.2) is 28.9 Å². The monoisotopic (exact) mass is 330 g/mol. The van der Waals surface area contributed by atoms with E-state index in [9.17, 15) is 14.9 Å². The first kappa shape index (κ1) is 15.4. The summed E-state index contributed by atoms with van der Waals surface area (Å²) in [6.45, 7) is 4.51. The van der Waals surface area contributed by atoms with Gasteiger partial charge in [-0.05, 0) is 21.8 Å². The normalized spacial score (nSPS) is 10.3. The molecule has 1 aromatic heterocycles. The Kier molecular flexibility index (Phi) is 5.68. The van der Waals surface area contributed by atoms with E-state index in [4.69, 9.17) is 0 Å². The number of nitro groups is 1. The number of hydrogen-bond donors (Lipinski definition) is 2. The quantitative estimate of drug-likeness (QED) is 0.613. The third-order valence-electron chi connectivity index (χ3n) is 2.21. The Hall–Kier alpha value is -1.70. The highest BCUT2D eigenvalue weighted by Crippen LogP contribution is 2.30. The van der Waals surface area contributed by atoms with Gasteiger partial charge >= 0.3 is 5.69 Å². The molecule has 0 unspecified atom stereocenters. The topological polar surface area (TPSA) is 97.2 Å². The summed E-state index contributed by atoms with van der Waals surface area (Å²) in [6, 6.07) is 0. The molecule has 1 rings (SSSR count). The smallest absolute Gasteiger partial charge is 0.311 e. The van der Waals surface area contributed by atoms with Gasteiger partial charge in [-0.25, -0.2) is 0 Å². The minimum absolute atomic E-state index is 0.0316. The van der Waals surface area contributed by atoms with Gasteiger partial charge in [0.25, 0.3) is 0 Å². The molecule has 0 bridgehead atoms. The Labute approximate surface area is 119 Å². The molecular weight excluding hydrogens is 316 g/mol. The molecule has 19 heavy (non-hydrogen) atoms. The molecule has 0 aliphatic heterocycles. The van der Waals surface area contributed by atoms with Crippen molar-refractivity contribution in [3.63, 3.8) is 0 Å². The van der Waals surface area contributed by atoms with Crippen LogP contribution < -0.4 is 10.6 Å². The van der Waals surface area contributed by atoms with Gasteiger partial charge in [0.15, 0.2) is 0 Å². The van der Waals surface area contributed by atoms with Gasteiger partial charge in [0.2, 0.25) is 5.91 Å². The first-order valence-corrected chi connectivity index (χ1v) is 6.49. The van der Waals surface area contributed by atoms with Crippen LogP contribution in [0.4, 0.5) is 11.4 Å². The molecule has 0 spiro atoms. The number of hydrogen-bond acceptors (Lipinski definition) is 5. The maximum absolute atomic E-state index is 11.5. The molecule has 0 aliphatic rings. The van der Waals surface area contributed by atoms with E-state index < -0.39 is 4.92 Å². The molecule has 1 amide bonds. The molecular formula is C11H15BrN4O3. The maximum atomic E-state index is 11.5. The lowest BCUT2D eigenvalue weighted by atomic mass is 10.2. The second kappa shape index (κ2) is 7.03. The number of carbonyl (C=O) groups excluding carboxylic acids is 1. The maximum Gasteiger partial charge on any atom is 0.311 e. The van der Waals surface area contributed by atoms with Crippen molar-refractivity contribution in [2.24, 2.45) is 5.92 Å². The Morgan fingerprint density at radius 3 is 2.79 bits per heavy atom. The van der Waals surface area contributed by atoms with E-state index >= 15 is 0 Å². The summed E-state index contributed by atoms with van der Waals surface area (Å²) in [4.78, 5) is 25.6. The number of amides is 1. The first-order valence-electron chi connectivity index (χ1n) is 5.70. The van der Waals surface area contributed by atoms with Gasteiger partial charge in [-0.15, -0.1) is 0 Å². The van der Waals surface area contributed by atoms with Gasteiger partial charge in [0, 0.05) is 12.7 Å². The van der Waals surface area contributed by atoms with E-state index in [-0.39, 0.29) is 23.8 Å². The van der Waals surface area contributed by atoms with Crippen LogP contribution in [0, 0.1) is 16.0 Å². The van der Waals surface area contributed by atoms with Crippen LogP contribution in [0.5, 0.6) is 0 Å². The van der Waals surface area contributed by atoms with Crippen molar-refractivity contribution in [3.8, 4) is 0 Å². The van der Waals surface area contributed by atoms with Crippen LogP contribution in [0.25, 0.3) is 0 Å². The number of nitrogens with one attached hydrogen (secondary N) is 2. The second-order valence-electron chi connectivity index (χ2n) is 4.32. The zero-order valence-electron chi connectivity index (χ0n) is 10.6. The minimum Gasteiger partial charge on any atom is -0.370 e. The number of anilines is 1. The summed E-state index contributed by atoms with van der Waals surface area (Å²) in [5, 5.41) is 16.3. The minimum atomic E-state index is -0.549. The zero-order chi connectivity index (χ0) is 14.4. The van der Waals surface area contributed by atoms with Crippen molar-refractivity contribution in [1.29, 1.82) is 0 Å². The molecule has 8 heteroatoms. The molecule has 7 nitrogen and oxygen atoms in total. The van der Waals surface area contributed by atoms with Gasteiger partial charge in [0.1, 0.15) is 11.9 Å². The van der Waals surface area contributed by atoms with E-state index in [1.54, 1.807) is 0 Å². The van der Waals surface area contributed by atoms with Gasteiger partial charge in [0.05, 0.1) is 15.9 Å². The fourth-order valence-corrected chi connectivity index (χ4v) is 1.75. The van der Waals surface area contributed by atoms with Crippen LogP contribution in [-0.2, 0) is 4.79 Å². The number of nitrogens with zero attached hydrogens (tertiary/aromatic N) is 2. The van der Waals surface area contributed by atoms with Gasteiger partial charge in [-0.3, -0.25) is 19.9 Å². The average Bonchev–Trinajstić information content (AvgIpc) is 2.34. The first-order chi connectivity index (χ1) is 8.91. The molecule has 104 valence electrons. The predicted octanol–water partition coefficient (Wildman–Crippen LogP) is 1.94. The van der Waals surface area contributed by atoms with E-state index in [0.29, 0.717) is 16.9 Å². The van der Waals surface area contributed by atoms with E-state index in [2.05, 4.69) is 31.5 Å². The second-order valence-corrected chi connectivity index (χ2v) is 5.18. The Balaban J connectivity index is 2.67. The number of carbonyl (C=O) groups is 1. The fourth-order valence-electron chi connectivity index (χ4n) is 1.29. The zero-order valence-corrected chi connectivity index (χ0v) is 12.2. The van der Waals surface area contributed by atoms with Crippen LogP contribution >= 0.6 is 15.9 Å². The van der Waals surface area contributed by atoms with Gasteiger partial charge in [-0.2, -0.15) is 0 Å². The summed E-state index contributed by atoms with van der Waals surface area (Å²) in [7, 11) is 0. The largest absolute Gasteiger partial charge is 0.370 e. The van der Waals surface area contributed by atoms with E-state index in [0.717, 1.165) is 6.20 Å². The highest BCUT2D eigenvalue weighted by molar-refractivity contribution is 9.10. The van der Waals surface area contributed by atoms with Crippen molar-refractivity contribution in [3.05, 3.63) is 27.0 Å². The molecule has 0 aromatic carbocycles. The summed E-state index contributed by atoms with van der Waals surface area (Å²) in [6.07, 6.45) is 2.57. The predicted molar refractivity (Wildman–Crippen MR) is 74.9 cm³/mol. The highest BCUT2D eigenvalue weighted by atomic mass is 79.9.